The zero-order valence-electron chi connectivity index (χ0n) is 9.53. The molecule has 1 aromatic carbocycles. The molecular weight excluding hydrogens is 206 g/mol. The Morgan fingerprint density at radius 2 is 2.12 bits per heavy atom. The number of amides is 2. The molecule has 0 spiro atoms. The Bertz CT molecular complexity index is 479. The predicted octanol–water partition coefficient (Wildman–Crippen LogP) is 1.44. The number of carbonyl (C=O) groups is 2. The van der Waals surface area contributed by atoms with Gasteiger partial charge in [0.15, 0.2) is 0 Å². The molecule has 16 heavy (non-hydrogen) atoms. The van der Waals surface area contributed by atoms with Crippen molar-refractivity contribution in [3.05, 3.63) is 23.3 Å². The predicted molar refractivity (Wildman–Crippen MR) is 59.6 cm³/mol. The summed E-state index contributed by atoms with van der Waals surface area (Å²) in [5.41, 5.74) is 2.46. The fourth-order valence-electron chi connectivity index (χ4n) is 2.09. The molecule has 4 heteroatoms. The van der Waals surface area contributed by atoms with Gasteiger partial charge in [-0.2, -0.15) is 0 Å². The molecule has 0 saturated heterocycles. The molecule has 0 saturated carbocycles. The number of hydrogen-bond acceptors (Lipinski definition) is 3. The first-order valence-corrected chi connectivity index (χ1v) is 5.05. The van der Waals surface area contributed by atoms with Crippen LogP contribution in [0.1, 0.15) is 18.1 Å². The third kappa shape index (κ3) is 1.46. The molecule has 0 unspecified atom stereocenters. The molecule has 0 aliphatic carbocycles. The van der Waals surface area contributed by atoms with Crippen LogP contribution in [0.5, 0.6) is 5.75 Å². The smallest absolute Gasteiger partial charge is 0.238 e. The average Bonchev–Trinajstić information content (AvgIpc) is 2.54. The summed E-state index contributed by atoms with van der Waals surface area (Å²) in [5, 5.41) is 0. The molecule has 1 aliphatic heterocycles. The van der Waals surface area contributed by atoms with Gasteiger partial charge in [0, 0.05) is 6.92 Å². The molecule has 1 heterocycles. The number of aryl methyl sites for hydroxylation is 1. The van der Waals surface area contributed by atoms with Gasteiger partial charge in [0.1, 0.15) is 5.75 Å². The molecule has 84 valence electrons. The summed E-state index contributed by atoms with van der Waals surface area (Å²) >= 11 is 0. The van der Waals surface area contributed by atoms with Crippen LogP contribution in [0.25, 0.3) is 0 Å². The Kier molecular flexibility index (Phi) is 2.42. The van der Waals surface area contributed by atoms with Gasteiger partial charge in [-0.3, -0.25) is 9.59 Å². The van der Waals surface area contributed by atoms with Gasteiger partial charge in [0.05, 0.1) is 19.2 Å². The lowest BCUT2D eigenvalue weighted by molar-refractivity contribution is -0.124. The van der Waals surface area contributed by atoms with E-state index in [0.29, 0.717) is 0 Å². The first kappa shape index (κ1) is 10.7. The van der Waals surface area contributed by atoms with Gasteiger partial charge in [0.25, 0.3) is 0 Å². The second kappa shape index (κ2) is 3.63. The standard InChI is InChI=1S/C12H13NO3/c1-7-4-10(16-3)5-9-6-11(15)13(8(2)14)12(7)9/h4-5H,6H2,1-3H3. The maximum Gasteiger partial charge on any atom is 0.238 e. The number of hydrogen-bond donors (Lipinski definition) is 0. The van der Waals surface area contributed by atoms with E-state index in [1.54, 1.807) is 7.11 Å². The van der Waals surface area contributed by atoms with Crippen molar-refractivity contribution in [3.63, 3.8) is 0 Å². The number of carbonyl (C=O) groups excluding carboxylic acids is 2. The van der Waals surface area contributed by atoms with Crippen LogP contribution in [0.15, 0.2) is 12.1 Å². The van der Waals surface area contributed by atoms with E-state index in [1.807, 2.05) is 19.1 Å². The van der Waals surface area contributed by atoms with Crippen LogP contribution >= 0.6 is 0 Å². The van der Waals surface area contributed by atoms with E-state index in [4.69, 9.17) is 4.74 Å². The molecular formula is C12H13NO3. The molecule has 0 bridgehead atoms. The minimum atomic E-state index is -0.239. The molecule has 0 radical (unpaired) electrons. The Morgan fingerprint density at radius 1 is 1.44 bits per heavy atom. The van der Waals surface area contributed by atoms with Gasteiger partial charge in [-0.25, -0.2) is 4.90 Å². The zero-order chi connectivity index (χ0) is 11.9. The topological polar surface area (TPSA) is 46.6 Å². The number of benzene rings is 1. The van der Waals surface area contributed by atoms with Crippen LogP contribution in [0, 0.1) is 6.92 Å². The van der Waals surface area contributed by atoms with E-state index in [9.17, 15) is 9.59 Å². The van der Waals surface area contributed by atoms with Gasteiger partial charge in [-0.1, -0.05) is 0 Å². The van der Waals surface area contributed by atoms with Crippen LogP contribution in [0.4, 0.5) is 5.69 Å². The molecule has 0 N–H and O–H groups in total. The lowest BCUT2D eigenvalue weighted by atomic mass is 10.1. The lowest BCUT2D eigenvalue weighted by Crippen LogP contribution is -2.31. The molecule has 4 nitrogen and oxygen atoms in total. The maximum absolute atomic E-state index is 11.7. The highest BCUT2D eigenvalue weighted by atomic mass is 16.5. The lowest BCUT2D eigenvalue weighted by Gasteiger charge is -2.15. The van der Waals surface area contributed by atoms with Crippen LogP contribution in [0.3, 0.4) is 0 Å². The fraction of sp³-hybridized carbons (Fsp3) is 0.333. The molecule has 1 aliphatic rings. The second-order valence-electron chi connectivity index (χ2n) is 3.88. The van der Waals surface area contributed by atoms with Crippen molar-refractivity contribution in [3.8, 4) is 5.75 Å². The highest BCUT2D eigenvalue weighted by molar-refractivity contribution is 6.19. The summed E-state index contributed by atoms with van der Waals surface area (Å²) in [6.45, 7) is 3.27. The van der Waals surface area contributed by atoms with Gasteiger partial charge in [-0.05, 0) is 30.2 Å². The third-order valence-electron chi connectivity index (χ3n) is 2.72. The van der Waals surface area contributed by atoms with Crippen LogP contribution in [0.2, 0.25) is 0 Å². The van der Waals surface area contributed by atoms with Gasteiger partial charge < -0.3 is 4.74 Å². The highest BCUT2D eigenvalue weighted by Gasteiger charge is 2.32. The number of ether oxygens (including phenoxy) is 1. The summed E-state index contributed by atoms with van der Waals surface area (Å²) in [5.74, 6) is 0.310. The van der Waals surface area contributed by atoms with Crippen molar-refractivity contribution < 1.29 is 14.3 Å². The number of rotatable bonds is 1. The quantitative estimate of drug-likeness (QED) is 0.718. The van der Waals surface area contributed by atoms with E-state index in [1.165, 1.54) is 11.8 Å². The summed E-state index contributed by atoms with van der Waals surface area (Å²) in [6.07, 6.45) is 0.271. The minimum absolute atomic E-state index is 0.168. The molecule has 2 amide bonds. The minimum Gasteiger partial charge on any atom is -0.497 e. The number of methoxy groups -OCH3 is 1. The van der Waals surface area contributed by atoms with Crippen molar-refractivity contribution in [2.24, 2.45) is 0 Å². The van der Waals surface area contributed by atoms with Crippen LogP contribution in [-0.2, 0) is 16.0 Å². The average molecular weight is 219 g/mol. The highest BCUT2D eigenvalue weighted by Crippen LogP contribution is 2.35. The van der Waals surface area contributed by atoms with E-state index in [-0.39, 0.29) is 18.2 Å². The largest absolute Gasteiger partial charge is 0.497 e. The Labute approximate surface area is 93.8 Å². The van der Waals surface area contributed by atoms with Crippen LogP contribution in [-0.4, -0.2) is 18.9 Å². The van der Waals surface area contributed by atoms with Crippen molar-refractivity contribution in [1.29, 1.82) is 0 Å². The Hall–Kier alpha value is -1.84. The zero-order valence-corrected chi connectivity index (χ0v) is 9.53. The summed E-state index contributed by atoms with van der Waals surface area (Å²) in [7, 11) is 1.58. The van der Waals surface area contributed by atoms with Crippen molar-refractivity contribution in [1.82, 2.24) is 0 Å². The van der Waals surface area contributed by atoms with Crippen LogP contribution < -0.4 is 9.64 Å². The maximum atomic E-state index is 11.7. The number of nitrogens with zero attached hydrogens (tertiary/aromatic N) is 1. The number of fused-ring (bicyclic) bond motifs is 1. The molecule has 1 aromatic rings. The SMILES string of the molecule is COc1cc(C)c2c(c1)CC(=O)N2C(C)=O. The monoisotopic (exact) mass is 219 g/mol. The first-order valence-electron chi connectivity index (χ1n) is 5.05. The van der Waals surface area contributed by atoms with E-state index >= 15 is 0 Å². The first-order chi connectivity index (χ1) is 7.54. The van der Waals surface area contributed by atoms with Crippen molar-refractivity contribution >= 4 is 17.5 Å². The Balaban J connectivity index is 2.58. The van der Waals surface area contributed by atoms with E-state index in [0.717, 1.165) is 22.6 Å². The van der Waals surface area contributed by atoms with Crippen molar-refractivity contribution in [2.45, 2.75) is 20.3 Å². The molecule has 0 aromatic heterocycles. The summed E-state index contributed by atoms with van der Waals surface area (Å²) < 4.78 is 5.14. The summed E-state index contributed by atoms with van der Waals surface area (Å²) in [6, 6.07) is 3.64. The number of anilines is 1. The fourth-order valence-corrected chi connectivity index (χ4v) is 2.09. The second-order valence-corrected chi connectivity index (χ2v) is 3.88. The molecule has 0 atom stereocenters. The van der Waals surface area contributed by atoms with E-state index in [2.05, 4.69) is 0 Å². The van der Waals surface area contributed by atoms with Gasteiger partial charge >= 0.3 is 0 Å². The van der Waals surface area contributed by atoms with Gasteiger partial charge in [0.2, 0.25) is 11.8 Å². The number of imide groups is 1. The van der Waals surface area contributed by atoms with Crippen molar-refractivity contribution in [2.75, 3.05) is 12.0 Å². The van der Waals surface area contributed by atoms with E-state index < -0.39 is 0 Å². The normalized spacial score (nSPS) is 13.9. The Morgan fingerprint density at radius 3 is 2.69 bits per heavy atom. The summed E-state index contributed by atoms with van der Waals surface area (Å²) in [4.78, 5) is 24.3. The van der Waals surface area contributed by atoms with Gasteiger partial charge in [-0.15, -0.1) is 0 Å². The third-order valence-corrected chi connectivity index (χ3v) is 2.72. The molecule has 0 fully saturated rings. The molecule has 2 rings (SSSR count).